The number of carbonyl (C=O) groups is 1. The first kappa shape index (κ1) is 12.8. The summed E-state index contributed by atoms with van der Waals surface area (Å²) in [6, 6.07) is 16.8. The summed E-state index contributed by atoms with van der Waals surface area (Å²) in [4.78, 5) is 16.1. The highest BCUT2D eigenvalue weighted by Gasteiger charge is 2.18. The molecule has 1 N–H and O–H groups in total. The summed E-state index contributed by atoms with van der Waals surface area (Å²) in [6.07, 6.45) is 0. The third-order valence-electron chi connectivity index (χ3n) is 3.09. The topological polar surface area (TPSA) is 50.2 Å². The number of pyridine rings is 1. The van der Waals surface area contributed by atoms with Gasteiger partial charge >= 0.3 is 5.97 Å². The molecule has 1 heterocycles. The number of hydrogen-bond acceptors (Lipinski definition) is 2. The monoisotopic (exact) mass is 327 g/mol. The van der Waals surface area contributed by atoms with E-state index in [9.17, 15) is 9.90 Å². The number of rotatable bonds is 2. The second-order valence-electron chi connectivity index (χ2n) is 4.34. The minimum Gasteiger partial charge on any atom is -0.478 e. The summed E-state index contributed by atoms with van der Waals surface area (Å²) in [5.74, 6) is -0.965. The lowest BCUT2D eigenvalue weighted by Crippen LogP contribution is -2.02. The van der Waals surface area contributed by atoms with E-state index in [4.69, 9.17) is 0 Å². The number of carboxylic acids is 1. The van der Waals surface area contributed by atoms with Gasteiger partial charge in [0.05, 0.1) is 21.2 Å². The molecule has 0 aliphatic rings. The zero-order valence-electron chi connectivity index (χ0n) is 10.4. The number of aromatic nitrogens is 1. The zero-order chi connectivity index (χ0) is 14.1. The number of fused-ring (bicyclic) bond motifs is 1. The summed E-state index contributed by atoms with van der Waals surface area (Å²) in [5.41, 5.74) is 2.44. The molecule has 0 aliphatic carbocycles. The Morgan fingerprint density at radius 1 is 1.00 bits per heavy atom. The number of benzene rings is 2. The van der Waals surface area contributed by atoms with Crippen LogP contribution >= 0.6 is 15.9 Å². The van der Waals surface area contributed by atoms with Crippen LogP contribution in [0.15, 0.2) is 59.1 Å². The number of nitrogens with zero attached hydrogens (tertiary/aromatic N) is 1. The lowest BCUT2D eigenvalue weighted by Gasteiger charge is -2.10. The Hall–Kier alpha value is -2.20. The molecule has 0 fully saturated rings. The fourth-order valence-corrected chi connectivity index (χ4v) is 2.89. The molecule has 1 aromatic heterocycles. The molecule has 0 saturated heterocycles. The number of carboxylic acid groups (broad SMARTS) is 1. The molecule has 3 nitrogen and oxygen atoms in total. The molecule has 0 atom stereocenters. The number of hydrogen-bond donors (Lipinski definition) is 1. The van der Waals surface area contributed by atoms with Crippen molar-refractivity contribution in [3.63, 3.8) is 0 Å². The highest BCUT2D eigenvalue weighted by molar-refractivity contribution is 9.10. The molecule has 4 heteroatoms. The minimum atomic E-state index is -0.965. The Morgan fingerprint density at radius 2 is 1.65 bits per heavy atom. The SMILES string of the molecule is O=C(O)c1c(Br)c(-c2ccccc2)nc2ccccc12. The third-order valence-corrected chi connectivity index (χ3v) is 3.87. The fourth-order valence-electron chi connectivity index (χ4n) is 2.19. The van der Waals surface area contributed by atoms with Gasteiger partial charge in [-0.1, -0.05) is 48.5 Å². The van der Waals surface area contributed by atoms with Gasteiger partial charge in [0.15, 0.2) is 0 Å². The van der Waals surface area contributed by atoms with Crippen LogP contribution in [-0.2, 0) is 0 Å². The van der Waals surface area contributed by atoms with Crippen LogP contribution in [0.3, 0.4) is 0 Å². The van der Waals surface area contributed by atoms with Crippen LogP contribution in [0.5, 0.6) is 0 Å². The molecule has 3 aromatic rings. The van der Waals surface area contributed by atoms with Crippen LogP contribution in [0.4, 0.5) is 0 Å². The molecule has 0 bridgehead atoms. The largest absolute Gasteiger partial charge is 0.478 e. The molecule has 0 aliphatic heterocycles. The minimum absolute atomic E-state index is 0.245. The molecule has 0 radical (unpaired) electrons. The molecule has 0 saturated carbocycles. The quantitative estimate of drug-likeness (QED) is 0.760. The van der Waals surface area contributed by atoms with Crippen molar-refractivity contribution in [2.45, 2.75) is 0 Å². The van der Waals surface area contributed by atoms with E-state index < -0.39 is 5.97 Å². The molecule has 0 amide bonds. The van der Waals surface area contributed by atoms with Gasteiger partial charge in [-0.15, -0.1) is 0 Å². The van der Waals surface area contributed by atoms with E-state index in [2.05, 4.69) is 20.9 Å². The van der Waals surface area contributed by atoms with E-state index in [-0.39, 0.29) is 5.56 Å². The van der Waals surface area contributed by atoms with Gasteiger partial charge in [-0.2, -0.15) is 0 Å². The third kappa shape index (κ3) is 2.08. The molecule has 0 spiro atoms. The summed E-state index contributed by atoms with van der Waals surface area (Å²) in [5, 5.41) is 10.1. The predicted octanol–water partition coefficient (Wildman–Crippen LogP) is 4.36. The number of para-hydroxylation sites is 1. The van der Waals surface area contributed by atoms with Gasteiger partial charge in [0, 0.05) is 10.9 Å². The van der Waals surface area contributed by atoms with Gasteiger partial charge in [0.25, 0.3) is 0 Å². The van der Waals surface area contributed by atoms with E-state index in [1.807, 2.05) is 48.5 Å². The first-order valence-electron chi connectivity index (χ1n) is 6.05. The first-order valence-corrected chi connectivity index (χ1v) is 6.84. The average molecular weight is 328 g/mol. The number of halogens is 1. The average Bonchev–Trinajstić information content (AvgIpc) is 2.47. The maximum Gasteiger partial charge on any atom is 0.337 e. The summed E-state index contributed by atoms with van der Waals surface area (Å²) in [6.45, 7) is 0. The Morgan fingerprint density at radius 3 is 2.35 bits per heavy atom. The van der Waals surface area contributed by atoms with E-state index in [0.29, 0.717) is 21.1 Å². The van der Waals surface area contributed by atoms with E-state index >= 15 is 0 Å². The van der Waals surface area contributed by atoms with Gasteiger partial charge in [-0.05, 0) is 22.0 Å². The summed E-state index contributed by atoms with van der Waals surface area (Å²) in [7, 11) is 0. The van der Waals surface area contributed by atoms with Crippen LogP contribution in [0.2, 0.25) is 0 Å². The van der Waals surface area contributed by atoms with Crippen molar-refractivity contribution < 1.29 is 9.90 Å². The first-order chi connectivity index (χ1) is 9.68. The van der Waals surface area contributed by atoms with Crippen molar-refractivity contribution in [3.05, 3.63) is 64.6 Å². The predicted molar refractivity (Wildman–Crippen MR) is 81.8 cm³/mol. The fraction of sp³-hybridized carbons (Fsp3) is 0. The standard InChI is InChI=1S/C16H10BrNO2/c17-14-13(16(19)20)11-8-4-5-9-12(11)18-15(14)10-6-2-1-3-7-10/h1-9H,(H,19,20). The van der Waals surface area contributed by atoms with Crippen LogP contribution in [0.1, 0.15) is 10.4 Å². The summed E-state index contributed by atoms with van der Waals surface area (Å²) >= 11 is 3.40. The second-order valence-corrected chi connectivity index (χ2v) is 5.13. The van der Waals surface area contributed by atoms with E-state index in [1.165, 1.54) is 0 Å². The van der Waals surface area contributed by atoms with E-state index in [0.717, 1.165) is 5.56 Å². The Kier molecular flexibility index (Phi) is 3.24. The van der Waals surface area contributed by atoms with Crippen molar-refractivity contribution in [1.82, 2.24) is 4.98 Å². The highest BCUT2D eigenvalue weighted by atomic mass is 79.9. The molecule has 20 heavy (non-hydrogen) atoms. The van der Waals surface area contributed by atoms with Crippen LogP contribution in [0.25, 0.3) is 22.2 Å². The lowest BCUT2D eigenvalue weighted by atomic mass is 10.0. The smallest absolute Gasteiger partial charge is 0.337 e. The van der Waals surface area contributed by atoms with Gasteiger partial charge in [0.1, 0.15) is 0 Å². The lowest BCUT2D eigenvalue weighted by molar-refractivity contribution is 0.0698. The van der Waals surface area contributed by atoms with Crippen LogP contribution in [-0.4, -0.2) is 16.1 Å². The Balaban J connectivity index is 2.40. The van der Waals surface area contributed by atoms with E-state index in [1.54, 1.807) is 6.07 Å². The maximum atomic E-state index is 11.6. The zero-order valence-corrected chi connectivity index (χ0v) is 12.0. The van der Waals surface area contributed by atoms with Crippen molar-refractivity contribution in [2.75, 3.05) is 0 Å². The van der Waals surface area contributed by atoms with Crippen molar-refractivity contribution in [3.8, 4) is 11.3 Å². The second kappa shape index (κ2) is 5.06. The molecule has 0 unspecified atom stereocenters. The molecular weight excluding hydrogens is 318 g/mol. The summed E-state index contributed by atoms with van der Waals surface area (Å²) < 4.78 is 0.509. The molecule has 98 valence electrons. The van der Waals surface area contributed by atoms with Gasteiger partial charge in [-0.3, -0.25) is 0 Å². The number of aromatic carboxylic acids is 1. The van der Waals surface area contributed by atoms with Gasteiger partial charge in [-0.25, -0.2) is 9.78 Å². The maximum absolute atomic E-state index is 11.6. The van der Waals surface area contributed by atoms with Crippen molar-refractivity contribution >= 4 is 32.8 Å². The Labute approximate surface area is 124 Å². The van der Waals surface area contributed by atoms with Crippen LogP contribution < -0.4 is 0 Å². The molecular formula is C16H10BrNO2. The van der Waals surface area contributed by atoms with Crippen molar-refractivity contribution in [1.29, 1.82) is 0 Å². The molecule has 2 aromatic carbocycles. The van der Waals surface area contributed by atoms with Crippen LogP contribution in [0, 0.1) is 0 Å². The van der Waals surface area contributed by atoms with Gasteiger partial charge in [0.2, 0.25) is 0 Å². The normalized spacial score (nSPS) is 10.7. The Bertz CT molecular complexity index is 800. The molecule has 3 rings (SSSR count). The van der Waals surface area contributed by atoms with Gasteiger partial charge < -0.3 is 5.11 Å². The van der Waals surface area contributed by atoms with Crippen molar-refractivity contribution in [2.24, 2.45) is 0 Å². The highest BCUT2D eigenvalue weighted by Crippen LogP contribution is 2.34.